The second kappa shape index (κ2) is 4.88. The van der Waals surface area contributed by atoms with Crippen molar-refractivity contribution in [2.24, 2.45) is 5.41 Å². The van der Waals surface area contributed by atoms with E-state index in [9.17, 15) is 9.90 Å². The Labute approximate surface area is 112 Å². The number of carbonyl (C=O) groups is 1. The summed E-state index contributed by atoms with van der Waals surface area (Å²) >= 11 is 3.31. The average molecular weight is 306 g/mol. The van der Waals surface area contributed by atoms with E-state index >= 15 is 0 Å². The maximum atomic E-state index is 11.7. The molecule has 0 heterocycles. The van der Waals surface area contributed by atoms with E-state index < -0.39 is 9.93 Å². The first-order valence-corrected chi connectivity index (χ1v) is 7.03. The summed E-state index contributed by atoms with van der Waals surface area (Å²) in [5.41, 5.74) is -0.394. The number of rotatable bonds is 3. The molecule has 1 rings (SSSR count). The van der Waals surface area contributed by atoms with Gasteiger partial charge in [0.25, 0.3) is 0 Å². The van der Waals surface area contributed by atoms with E-state index in [0.29, 0.717) is 12.0 Å². The normalized spacial score (nSPS) is 23.2. The first kappa shape index (κ1) is 15.0. The summed E-state index contributed by atoms with van der Waals surface area (Å²) in [7, 11) is 0. The van der Waals surface area contributed by atoms with Crippen molar-refractivity contribution in [3.8, 4) is 0 Å². The van der Waals surface area contributed by atoms with Crippen molar-refractivity contribution in [2.75, 3.05) is 6.54 Å². The Hall–Kier alpha value is -0.0900. The number of carbonyl (C=O) groups excluding carboxylic acids is 1. The Kier molecular flexibility index (Phi) is 4.30. The van der Waals surface area contributed by atoms with Crippen LogP contribution in [-0.4, -0.2) is 27.5 Å². The van der Waals surface area contributed by atoms with E-state index in [2.05, 4.69) is 35.1 Å². The molecule has 0 spiro atoms. The summed E-state index contributed by atoms with van der Waals surface area (Å²) in [5, 5.41) is 13.2. The number of alkyl halides is 1. The molecular weight excluding hydrogens is 282 g/mol. The van der Waals surface area contributed by atoms with Gasteiger partial charge >= 0.3 is 0 Å². The van der Waals surface area contributed by atoms with Crippen LogP contribution >= 0.6 is 15.9 Å². The lowest BCUT2D eigenvalue weighted by Crippen LogP contribution is -2.49. The third-order valence-electron chi connectivity index (χ3n) is 3.65. The van der Waals surface area contributed by atoms with Crippen LogP contribution in [-0.2, 0) is 4.79 Å². The lowest BCUT2D eigenvalue weighted by atomic mass is 9.71. The third-order valence-corrected chi connectivity index (χ3v) is 4.01. The van der Waals surface area contributed by atoms with E-state index in [1.807, 2.05) is 0 Å². The molecule has 1 amide bonds. The van der Waals surface area contributed by atoms with Crippen LogP contribution in [0.25, 0.3) is 0 Å². The van der Waals surface area contributed by atoms with Crippen LogP contribution in [0.2, 0.25) is 0 Å². The fraction of sp³-hybridized carbons (Fsp3) is 0.923. The van der Waals surface area contributed by atoms with Gasteiger partial charge in [-0.1, -0.05) is 29.8 Å². The van der Waals surface area contributed by atoms with Crippen molar-refractivity contribution in [3.63, 3.8) is 0 Å². The van der Waals surface area contributed by atoms with E-state index in [1.165, 1.54) is 0 Å². The first-order valence-electron chi connectivity index (χ1n) is 6.24. The second-order valence-electron chi connectivity index (χ2n) is 6.54. The fourth-order valence-corrected chi connectivity index (χ4v) is 2.16. The standard InChI is InChI=1S/C13H24BrNO2/c1-11(2)5-7-13(17,8-6-11)9-15-10(16)12(3,4)14/h17H,5-9H2,1-4H3,(H,15,16). The quantitative estimate of drug-likeness (QED) is 0.788. The van der Waals surface area contributed by atoms with Crippen molar-refractivity contribution in [1.29, 1.82) is 0 Å². The molecule has 0 saturated heterocycles. The third kappa shape index (κ3) is 4.59. The molecule has 0 unspecified atom stereocenters. The zero-order valence-corrected chi connectivity index (χ0v) is 12.9. The molecule has 0 aromatic heterocycles. The van der Waals surface area contributed by atoms with Crippen molar-refractivity contribution >= 4 is 21.8 Å². The van der Waals surface area contributed by atoms with Crippen molar-refractivity contribution < 1.29 is 9.90 Å². The number of amides is 1. The van der Waals surface area contributed by atoms with Gasteiger partial charge in [-0.2, -0.15) is 0 Å². The molecule has 1 saturated carbocycles. The van der Waals surface area contributed by atoms with Crippen LogP contribution in [0, 0.1) is 5.41 Å². The Morgan fingerprint density at radius 3 is 2.18 bits per heavy atom. The van der Waals surface area contributed by atoms with E-state index in [0.717, 1.165) is 25.7 Å². The first-order chi connectivity index (χ1) is 7.54. The lowest BCUT2D eigenvalue weighted by molar-refractivity contribution is -0.124. The van der Waals surface area contributed by atoms with Gasteiger partial charge in [0.1, 0.15) is 0 Å². The van der Waals surface area contributed by atoms with E-state index in [-0.39, 0.29) is 5.91 Å². The monoisotopic (exact) mass is 305 g/mol. The fourth-order valence-electron chi connectivity index (χ4n) is 2.02. The SMILES string of the molecule is CC1(C)CCC(O)(CNC(=O)C(C)(C)Br)CC1. The van der Waals surface area contributed by atoms with Gasteiger partial charge in [0.2, 0.25) is 5.91 Å². The predicted octanol–water partition coefficient (Wildman–Crippen LogP) is 2.61. The highest BCUT2D eigenvalue weighted by atomic mass is 79.9. The maximum absolute atomic E-state index is 11.7. The largest absolute Gasteiger partial charge is 0.388 e. The smallest absolute Gasteiger partial charge is 0.236 e. The molecule has 3 nitrogen and oxygen atoms in total. The Bertz CT molecular complexity index is 284. The van der Waals surface area contributed by atoms with Crippen LogP contribution in [0.3, 0.4) is 0 Å². The molecule has 0 aromatic carbocycles. The summed E-state index contributed by atoms with van der Waals surface area (Å²) in [6.45, 7) is 8.42. The van der Waals surface area contributed by atoms with Crippen molar-refractivity contribution in [3.05, 3.63) is 0 Å². The molecule has 2 N–H and O–H groups in total. The van der Waals surface area contributed by atoms with Crippen LogP contribution < -0.4 is 5.32 Å². The molecular formula is C13H24BrNO2. The molecule has 0 radical (unpaired) electrons. The molecule has 1 fully saturated rings. The topological polar surface area (TPSA) is 49.3 Å². The summed E-state index contributed by atoms with van der Waals surface area (Å²) in [6, 6.07) is 0. The summed E-state index contributed by atoms with van der Waals surface area (Å²) < 4.78 is -0.572. The number of aliphatic hydroxyl groups is 1. The zero-order chi connectivity index (χ0) is 13.3. The van der Waals surface area contributed by atoms with E-state index in [4.69, 9.17) is 0 Å². The average Bonchev–Trinajstić information content (AvgIpc) is 2.19. The maximum Gasteiger partial charge on any atom is 0.236 e. The summed E-state index contributed by atoms with van der Waals surface area (Å²) in [4.78, 5) is 11.7. The molecule has 1 aliphatic carbocycles. The highest BCUT2D eigenvalue weighted by Crippen LogP contribution is 2.39. The molecule has 17 heavy (non-hydrogen) atoms. The van der Waals surface area contributed by atoms with Gasteiger partial charge in [-0.15, -0.1) is 0 Å². The van der Waals surface area contributed by atoms with Crippen molar-refractivity contribution in [1.82, 2.24) is 5.32 Å². The summed E-state index contributed by atoms with van der Waals surface area (Å²) in [6.07, 6.45) is 3.56. The Morgan fingerprint density at radius 1 is 1.29 bits per heavy atom. The zero-order valence-electron chi connectivity index (χ0n) is 11.3. The molecule has 4 heteroatoms. The minimum atomic E-state index is -0.719. The van der Waals surface area contributed by atoms with Gasteiger partial charge in [-0.25, -0.2) is 0 Å². The highest BCUT2D eigenvalue weighted by Gasteiger charge is 2.37. The molecule has 0 atom stereocenters. The Morgan fingerprint density at radius 2 is 1.76 bits per heavy atom. The van der Waals surface area contributed by atoms with Gasteiger partial charge in [-0.05, 0) is 44.9 Å². The van der Waals surface area contributed by atoms with Gasteiger partial charge in [0.05, 0.1) is 9.93 Å². The molecule has 1 aliphatic rings. The number of hydrogen-bond donors (Lipinski definition) is 2. The molecule has 100 valence electrons. The number of hydrogen-bond acceptors (Lipinski definition) is 2. The molecule has 0 bridgehead atoms. The summed E-state index contributed by atoms with van der Waals surface area (Å²) in [5.74, 6) is -0.0734. The number of halogens is 1. The Balaban J connectivity index is 2.45. The predicted molar refractivity (Wildman–Crippen MR) is 73.2 cm³/mol. The number of nitrogens with one attached hydrogen (secondary N) is 1. The minimum Gasteiger partial charge on any atom is -0.388 e. The second-order valence-corrected chi connectivity index (χ2v) is 8.53. The van der Waals surface area contributed by atoms with Crippen LogP contribution in [0.4, 0.5) is 0 Å². The highest BCUT2D eigenvalue weighted by molar-refractivity contribution is 9.10. The van der Waals surface area contributed by atoms with Crippen LogP contribution in [0.1, 0.15) is 53.4 Å². The molecule has 0 aliphatic heterocycles. The van der Waals surface area contributed by atoms with Crippen LogP contribution in [0.5, 0.6) is 0 Å². The van der Waals surface area contributed by atoms with Crippen molar-refractivity contribution in [2.45, 2.75) is 63.3 Å². The van der Waals surface area contributed by atoms with Gasteiger partial charge < -0.3 is 10.4 Å². The van der Waals surface area contributed by atoms with Crippen LogP contribution in [0.15, 0.2) is 0 Å². The minimum absolute atomic E-state index is 0.0734. The molecule has 0 aromatic rings. The van der Waals surface area contributed by atoms with Gasteiger partial charge in [0, 0.05) is 6.54 Å². The van der Waals surface area contributed by atoms with Gasteiger partial charge in [-0.3, -0.25) is 4.79 Å². The van der Waals surface area contributed by atoms with Gasteiger partial charge in [0.15, 0.2) is 0 Å². The van der Waals surface area contributed by atoms with E-state index in [1.54, 1.807) is 13.8 Å². The lowest BCUT2D eigenvalue weighted by Gasteiger charge is -2.40.